The van der Waals surface area contributed by atoms with E-state index < -0.39 is 12.1 Å². The summed E-state index contributed by atoms with van der Waals surface area (Å²) in [4.78, 5) is 11.1. The lowest BCUT2D eigenvalue weighted by Crippen LogP contribution is -2.21. The SMILES string of the molecule is CC(C)Oc1cccc(CCN(C)c2ccc(-c3cc(O)no3)cc2)c1.O=C(O)C(F)(F)F. The zero-order valence-corrected chi connectivity index (χ0v) is 18.3. The van der Waals surface area contributed by atoms with Crippen LogP contribution in [-0.4, -0.2) is 47.2 Å². The summed E-state index contributed by atoms with van der Waals surface area (Å²) in [5.74, 6) is -1.39. The molecule has 2 N–H and O–H groups in total. The monoisotopic (exact) mass is 466 g/mol. The molecule has 0 bridgehead atoms. The van der Waals surface area contributed by atoms with Gasteiger partial charge in [0.2, 0.25) is 0 Å². The van der Waals surface area contributed by atoms with Gasteiger partial charge >= 0.3 is 12.1 Å². The van der Waals surface area contributed by atoms with Crippen molar-refractivity contribution in [2.75, 3.05) is 18.5 Å². The summed E-state index contributed by atoms with van der Waals surface area (Å²) in [5.41, 5.74) is 3.25. The summed E-state index contributed by atoms with van der Waals surface area (Å²) in [7, 11) is 2.07. The van der Waals surface area contributed by atoms with Crippen LogP contribution in [0.4, 0.5) is 18.9 Å². The van der Waals surface area contributed by atoms with E-state index in [9.17, 15) is 18.3 Å². The number of ether oxygens (including phenoxy) is 1. The molecule has 0 aliphatic rings. The first-order valence-electron chi connectivity index (χ1n) is 9.98. The van der Waals surface area contributed by atoms with Crippen molar-refractivity contribution in [1.29, 1.82) is 0 Å². The Hall–Kier alpha value is -3.69. The molecule has 7 nitrogen and oxygen atoms in total. The van der Waals surface area contributed by atoms with Crippen molar-refractivity contribution in [1.82, 2.24) is 5.16 Å². The van der Waals surface area contributed by atoms with Gasteiger partial charge in [-0.2, -0.15) is 13.2 Å². The highest BCUT2D eigenvalue weighted by atomic mass is 19.4. The highest BCUT2D eigenvalue weighted by Crippen LogP contribution is 2.25. The molecule has 10 heteroatoms. The molecule has 0 radical (unpaired) electrons. The Morgan fingerprint density at radius 1 is 1.15 bits per heavy atom. The van der Waals surface area contributed by atoms with Crippen molar-refractivity contribution in [3.63, 3.8) is 0 Å². The normalized spacial score (nSPS) is 11.0. The lowest BCUT2D eigenvalue weighted by molar-refractivity contribution is -0.192. The van der Waals surface area contributed by atoms with Crippen LogP contribution in [0.1, 0.15) is 19.4 Å². The first kappa shape index (κ1) is 25.6. The number of aromatic nitrogens is 1. The van der Waals surface area contributed by atoms with Gasteiger partial charge in [0.05, 0.1) is 6.10 Å². The van der Waals surface area contributed by atoms with Crippen molar-refractivity contribution in [3.8, 4) is 23.0 Å². The Labute approximate surface area is 189 Å². The third-order valence-corrected chi connectivity index (χ3v) is 4.34. The first-order valence-corrected chi connectivity index (χ1v) is 9.98. The van der Waals surface area contributed by atoms with E-state index in [1.54, 1.807) is 0 Å². The fourth-order valence-corrected chi connectivity index (χ4v) is 2.75. The predicted octanol–water partition coefficient (Wildman–Crippen LogP) is 5.15. The standard InChI is InChI=1S/C21H24N2O3.C2HF3O2/c1-15(2)25-19-6-4-5-16(13-19)11-12-23(3)18-9-7-17(8-10-18)20-14-21(24)22-26-20;3-2(4,5)1(6)7/h4-10,13-15H,11-12H2,1-3H3,(H,22,24);(H,6,7). The molecule has 33 heavy (non-hydrogen) atoms. The molecule has 0 atom stereocenters. The van der Waals surface area contributed by atoms with Gasteiger partial charge in [0.15, 0.2) is 5.76 Å². The minimum Gasteiger partial charge on any atom is -0.491 e. The number of anilines is 1. The topological polar surface area (TPSA) is 96.0 Å². The number of benzene rings is 2. The van der Waals surface area contributed by atoms with Crippen LogP contribution >= 0.6 is 0 Å². The molecule has 0 aliphatic carbocycles. The fourth-order valence-electron chi connectivity index (χ4n) is 2.75. The number of halogens is 3. The number of nitrogens with zero attached hydrogens (tertiary/aromatic N) is 2. The van der Waals surface area contributed by atoms with Crippen LogP contribution in [0.2, 0.25) is 0 Å². The smallest absolute Gasteiger partial charge is 0.490 e. The molecular formula is C23H25F3N2O5. The molecule has 0 saturated heterocycles. The van der Waals surface area contributed by atoms with Gasteiger partial charge in [-0.1, -0.05) is 12.1 Å². The van der Waals surface area contributed by atoms with E-state index in [2.05, 4.69) is 29.2 Å². The maximum Gasteiger partial charge on any atom is 0.490 e. The average molecular weight is 466 g/mol. The largest absolute Gasteiger partial charge is 0.491 e. The van der Waals surface area contributed by atoms with E-state index in [0.717, 1.165) is 30.0 Å². The number of aromatic hydroxyl groups is 1. The average Bonchev–Trinajstić information content (AvgIpc) is 3.18. The number of hydrogen-bond donors (Lipinski definition) is 2. The van der Waals surface area contributed by atoms with Crippen molar-refractivity contribution >= 4 is 11.7 Å². The zero-order chi connectivity index (χ0) is 24.6. The third-order valence-electron chi connectivity index (χ3n) is 4.34. The van der Waals surface area contributed by atoms with Crippen LogP contribution < -0.4 is 9.64 Å². The number of carboxylic acids is 1. The second-order valence-corrected chi connectivity index (χ2v) is 7.38. The Kier molecular flexibility index (Phi) is 8.72. The van der Waals surface area contributed by atoms with Gasteiger partial charge < -0.3 is 24.4 Å². The lowest BCUT2D eigenvalue weighted by atomic mass is 10.1. The van der Waals surface area contributed by atoms with Gasteiger partial charge in [-0.05, 0) is 67.4 Å². The molecular weight excluding hydrogens is 441 g/mol. The first-order chi connectivity index (χ1) is 15.5. The summed E-state index contributed by atoms with van der Waals surface area (Å²) in [5, 5.41) is 19.9. The number of rotatable bonds is 7. The predicted molar refractivity (Wildman–Crippen MR) is 116 cm³/mol. The van der Waals surface area contributed by atoms with Crippen molar-refractivity contribution in [3.05, 3.63) is 60.2 Å². The molecule has 0 unspecified atom stereocenters. The second-order valence-electron chi connectivity index (χ2n) is 7.38. The minimum absolute atomic E-state index is 0.107. The Morgan fingerprint density at radius 3 is 2.30 bits per heavy atom. The van der Waals surface area contributed by atoms with E-state index in [0.29, 0.717) is 5.76 Å². The number of hydrogen-bond acceptors (Lipinski definition) is 6. The maximum atomic E-state index is 10.6. The molecule has 3 aromatic rings. The summed E-state index contributed by atoms with van der Waals surface area (Å²) in [6.07, 6.45) is -3.97. The number of alkyl halides is 3. The number of carboxylic acid groups (broad SMARTS) is 1. The van der Waals surface area contributed by atoms with E-state index in [1.165, 1.54) is 11.6 Å². The molecule has 0 spiro atoms. The highest BCUT2D eigenvalue weighted by Gasteiger charge is 2.38. The van der Waals surface area contributed by atoms with Crippen molar-refractivity contribution in [2.45, 2.75) is 32.5 Å². The molecule has 0 aliphatic heterocycles. The highest BCUT2D eigenvalue weighted by molar-refractivity contribution is 5.73. The summed E-state index contributed by atoms with van der Waals surface area (Å²) >= 11 is 0. The molecule has 1 aromatic heterocycles. The van der Waals surface area contributed by atoms with Crippen molar-refractivity contribution in [2.24, 2.45) is 0 Å². The minimum atomic E-state index is -5.08. The quantitative estimate of drug-likeness (QED) is 0.497. The lowest BCUT2D eigenvalue weighted by Gasteiger charge is -2.20. The molecule has 0 saturated carbocycles. The van der Waals surface area contributed by atoms with Gasteiger partial charge in [0, 0.05) is 30.9 Å². The van der Waals surface area contributed by atoms with Crippen LogP contribution in [0.3, 0.4) is 0 Å². The molecule has 3 rings (SSSR count). The number of aliphatic carboxylic acids is 1. The van der Waals surface area contributed by atoms with Gasteiger partial charge in [-0.3, -0.25) is 0 Å². The van der Waals surface area contributed by atoms with Crippen LogP contribution in [0.25, 0.3) is 11.3 Å². The molecule has 1 heterocycles. The van der Waals surface area contributed by atoms with Crippen LogP contribution in [-0.2, 0) is 11.2 Å². The van der Waals surface area contributed by atoms with E-state index in [4.69, 9.17) is 19.2 Å². The van der Waals surface area contributed by atoms with E-state index in [-0.39, 0.29) is 12.0 Å². The summed E-state index contributed by atoms with van der Waals surface area (Å²) < 4.78 is 42.6. The third kappa shape index (κ3) is 8.40. The van der Waals surface area contributed by atoms with Crippen LogP contribution in [0.5, 0.6) is 11.6 Å². The van der Waals surface area contributed by atoms with Gasteiger partial charge in [0.1, 0.15) is 5.75 Å². The fraction of sp³-hybridized carbons (Fsp3) is 0.304. The maximum absolute atomic E-state index is 10.6. The molecule has 178 valence electrons. The molecule has 0 fully saturated rings. The summed E-state index contributed by atoms with van der Waals surface area (Å²) in [6, 6.07) is 17.8. The van der Waals surface area contributed by atoms with E-state index in [1.807, 2.05) is 50.2 Å². The zero-order valence-electron chi connectivity index (χ0n) is 18.3. The second kappa shape index (κ2) is 11.3. The van der Waals surface area contributed by atoms with Gasteiger partial charge in [-0.25, -0.2) is 4.79 Å². The Morgan fingerprint density at radius 2 is 1.79 bits per heavy atom. The Bertz CT molecular complexity index is 1030. The number of likely N-dealkylation sites (N-methyl/N-ethyl adjacent to an activating group) is 1. The van der Waals surface area contributed by atoms with Gasteiger partial charge in [-0.15, -0.1) is 0 Å². The summed E-state index contributed by atoms with van der Waals surface area (Å²) in [6.45, 7) is 4.96. The van der Waals surface area contributed by atoms with E-state index >= 15 is 0 Å². The molecule has 2 aromatic carbocycles. The van der Waals surface area contributed by atoms with Crippen molar-refractivity contribution < 1.29 is 37.4 Å². The van der Waals surface area contributed by atoms with Gasteiger partial charge in [0.25, 0.3) is 5.88 Å². The Balaban J connectivity index is 0.000000479. The van der Waals surface area contributed by atoms with Crippen LogP contribution in [0, 0.1) is 0 Å². The van der Waals surface area contributed by atoms with Crippen LogP contribution in [0.15, 0.2) is 59.1 Å². The number of carbonyl (C=O) groups is 1. The molecule has 0 amide bonds.